The summed E-state index contributed by atoms with van der Waals surface area (Å²) in [7, 11) is 0. The van der Waals surface area contributed by atoms with Crippen LogP contribution in [-0.4, -0.2) is 52.9 Å². The van der Waals surface area contributed by atoms with E-state index in [0.717, 1.165) is 79.2 Å². The van der Waals surface area contributed by atoms with Crippen molar-refractivity contribution in [2.45, 2.75) is 26.3 Å². The van der Waals surface area contributed by atoms with Crippen molar-refractivity contribution < 1.29 is 4.79 Å². The SMILES string of the molecule is CC(=O)N1CCc2cc(-c3nc4c(Br)cccn4c3CN3CCCNCC3)ccc21. The van der Waals surface area contributed by atoms with E-state index in [0.29, 0.717) is 0 Å². The van der Waals surface area contributed by atoms with Crippen molar-refractivity contribution in [3.63, 3.8) is 0 Å². The topological polar surface area (TPSA) is 52.9 Å². The van der Waals surface area contributed by atoms with Crippen molar-refractivity contribution in [2.24, 2.45) is 0 Å². The number of fused-ring (bicyclic) bond motifs is 2. The second kappa shape index (κ2) is 8.13. The van der Waals surface area contributed by atoms with Gasteiger partial charge in [0.1, 0.15) is 0 Å². The predicted octanol–water partition coefficient (Wildman–Crippen LogP) is 3.47. The minimum Gasteiger partial charge on any atom is -0.315 e. The Bertz CT molecular complexity index is 1100. The maximum atomic E-state index is 11.9. The number of nitrogens with zero attached hydrogens (tertiary/aromatic N) is 4. The fourth-order valence-corrected chi connectivity index (χ4v) is 5.05. The lowest BCUT2D eigenvalue weighted by atomic mass is 10.0. The zero-order valence-corrected chi connectivity index (χ0v) is 18.8. The van der Waals surface area contributed by atoms with Crippen LogP contribution in [0, 0.1) is 0 Å². The van der Waals surface area contributed by atoms with Gasteiger partial charge in [-0.25, -0.2) is 4.98 Å². The first-order valence-electron chi connectivity index (χ1n) is 10.6. The van der Waals surface area contributed by atoms with Gasteiger partial charge in [0.2, 0.25) is 5.91 Å². The number of rotatable bonds is 3. The molecular weight excluding hydrogens is 442 g/mol. The zero-order valence-electron chi connectivity index (χ0n) is 17.2. The van der Waals surface area contributed by atoms with Gasteiger partial charge in [-0.05, 0) is 71.7 Å². The second-order valence-corrected chi connectivity index (χ2v) is 8.96. The summed E-state index contributed by atoms with van der Waals surface area (Å²) in [4.78, 5) is 21.3. The first kappa shape index (κ1) is 19.7. The van der Waals surface area contributed by atoms with E-state index in [1.54, 1.807) is 6.92 Å². The summed E-state index contributed by atoms with van der Waals surface area (Å²) in [6, 6.07) is 10.5. The Balaban J connectivity index is 1.58. The summed E-state index contributed by atoms with van der Waals surface area (Å²) >= 11 is 3.68. The van der Waals surface area contributed by atoms with Crippen molar-refractivity contribution in [1.29, 1.82) is 0 Å². The lowest BCUT2D eigenvalue weighted by molar-refractivity contribution is -0.116. The first-order valence-corrected chi connectivity index (χ1v) is 11.4. The van der Waals surface area contributed by atoms with Gasteiger partial charge in [0.05, 0.1) is 15.9 Å². The fraction of sp³-hybridized carbons (Fsp3) is 0.391. The molecule has 30 heavy (non-hydrogen) atoms. The molecule has 2 aliphatic heterocycles. The molecule has 0 bridgehead atoms. The summed E-state index contributed by atoms with van der Waals surface area (Å²) in [5.74, 6) is 0.105. The number of benzene rings is 1. The number of carbonyl (C=O) groups excluding carboxylic acids is 1. The summed E-state index contributed by atoms with van der Waals surface area (Å²) in [6.07, 6.45) is 4.16. The average Bonchev–Trinajstić information content (AvgIpc) is 3.22. The van der Waals surface area contributed by atoms with E-state index in [2.05, 4.69) is 61.0 Å². The molecule has 0 saturated carbocycles. The van der Waals surface area contributed by atoms with Crippen molar-refractivity contribution in [1.82, 2.24) is 19.6 Å². The standard InChI is InChI=1S/C23H26BrN5O/c1-16(30)28-12-7-17-14-18(5-6-20(17)28)22-21(15-27-10-3-8-25-9-13-27)29-11-2-4-19(24)23(29)26-22/h2,4-6,11,14,25H,3,7-10,12-13,15H2,1H3. The first-order chi connectivity index (χ1) is 14.6. The van der Waals surface area contributed by atoms with Crippen molar-refractivity contribution >= 4 is 33.2 Å². The molecule has 6 nitrogen and oxygen atoms in total. The monoisotopic (exact) mass is 467 g/mol. The van der Waals surface area contributed by atoms with Crippen LogP contribution < -0.4 is 10.2 Å². The number of carbonyl (C=O) groups is 1. The van der Waals surface area contributed by atoms with Gasteiger partial charge in [-0.15, -0.1) is 0 Å². The van der Waals surface area contributed by atoms with E-state index >= 15 is 0 Å². The molecule has 1 amide bonds. The number of halogens is 1. The highest BCUT2D eigenvalue weighted by Crippen LogP contribution is 2.35. The molecule has 156 valence electrons. The van der Waals surface area contributed by atoms with Crippen LogP contribution in [0.2, 0.25) is 0 Å². The van der Waals surface area contributed by atoms with E-state index in [1.165, 1.54) is 11.3 Å². The number of amides is 1. The lowest BCUT2D eigenvalue weighted by Gasteiger charge is -2.20. The van der Waals surface area contributed by atoms with Gasteiger partial charge in [-0.2, -0.15) is 0 Å². The van der Waals surface area contributed by atoms with Crippen molar-refractivity contribution in [2.75, 3.05) is 37.6 Å². The molecule has 0 radical (unpaired) electrons. The smallest absolute Gasteiger partial charge is 0.223 e. The van der Waals surface area contributed by atoms with E-state index < -0.39 is 0 Å². The van der Waals surface area contributed by atoms with Gasteiger partial charge in [0.15, 0.2) is 5.65 Å². The molecule has 0 unspecified atom stereocenters. The quantitative estimate of drug-likeness (QED) is 0.640. The number of hydrogen-bond acceptors (Lipinski definition) is 4. The summed E-state index contributed by atoms with van der Waals surface area (Å²) in [5, 5.41) is 3.49. The Kier molecular flexibility index (Phi) is 5.35. The third-order valence-electron chi connectivity index (χ3n) is 6.14. The van der Waals surface area contributed by atoms with Crippen molar-refractivity contribution in [3.05, 3.63) is 52.3 Å². The van der Waals surface area contributed by atoms with Crippen LogP contribution in [0.3, 0.4) is 0 Å². The molecule has 4 heterocycles. The molecule has 1 aromatic carbocycles. The maximum absolute atomic E-state index is 11.9. The fourth-order valence-electron chi connectivity index (χ4n) is 4.61. The molecular formula is C23H26BrN5O. The van der Waals surface area contributed by atoms with Gasteiger partial charge < -0.3 is 14.6 Å². The third kappa shape index (κ3) is 3.55. The van der Waals surface area contributed by atoms with Gasteiger partial charge in [0, 0.05) is 50.6 Å². The Morgan fingerprint density at radius 1 is 1.20 bits per heavy atom. The van der Waals surface area contributed by atoms with Crippen LogP contribution in [0.5, 0.6) is 0 Å². The highest BCUT2D eigenvalue weighted by atomic mass is 79.9. The van der Waals surface area contributed by atoms with Crippen LogP contribution >= 0.6 is 15.9 Å². The Morgan fingerprint density at radius 3 is 2.97 bits per heavy atom. The molecule has 1 fully saturated rings. The summed E-state index contributed by atoms with van der Waals surface area (Å²) < 4.78 is 3.21. The van der Waals surface area contributed by atoms with Gasteiger partial charge in [0.25, 0.3) is 0 Å². The van der Waals surface area contributed by atoms with Gasteiger partial charge in [-0.3, -0.25) is 9.69 Å². The molecule has 7 heteroatoms. The van der Waals surface area contributed by atoms with Gasteiger partial charge in [-0.1, -0.05) is 6.07 Å². The van der Waals surface area contributed by atoms with E-state index in [1.807, 2.05) is 11.0 Å². The highest BCUT2D eigenvalue weighted by Gasteiger charge is 2.24. The minimum atomic E-state index is 0.105. The molecule has 2 aromatic heterocycles. The largest absolute Gasteiger partial charge is 0.315 e. The van der Waals surface area contributed by atoms with Crippen molar-refractivity contribution in [3.8, 4) is 11.3 Å². The number of pyridine rings is 1. The second-order valence-electron chi connectivity index (χ2n) is 8.10. The number of nitrogens with one attached hydrogen (secondary N) is 1. The molecule has 3 aromatic rings. The van der Waals surface area contributed by atoms with Crippen LogP contribution in [-0.2, 0) is 17.8 Å². The summed E-state index contributed by atoms with van der Waals surface area (Å²) in [5.41, 5.74) is 6.58. The van der Waals surface area contributed by atoms with Crippen LogP contribution in [0.1, 0.15) is 24.6 Å². The van der Waals surface area contributed by atoms with Gasteiger partial charge >= 0.3 is 0 Å². The molecule has 5 rings (SSSR count). The Hall–Kier alpha value is -2.22. The highest BCUT2D eigenvalue weighted by molar-refractivity contribution is 9.10. The van der Waals surface area contributed by atoms with E-state index in [4.69, 9.17) is 4.98 Å². The lowest BCUT2D eigenvalue weighted by Crippen LogP contribution is -2.28. The maximum Gasteiger partial charge on any atom is 0.223 e. The van der Waals surface area contributed by atoms with Crippen LogP contribution in [0.4, 0.5) is 5.69 Å². The average molecular weight is 468 g/mol. The molecule has 0 aliphatic carbocycles. The third-order valence-corrected chi connectivity index (χ3v) is 6.75. The zero-order chi connectivity index (χ0) is 20.7. The predicted molar refractivity (Wildman–Crippen MR) is 123 cm³/mol. The van der Waals surface area contributed by atoms with Crippen LogP contribution in [0.25, 0.3) is 16.9 Å². The minimum absolute atomic E-state index is 0.105. The molecule has 0 atom stereocenters. The normalized spacial score (nSPS) is 17.3. The molecule has 0 spiro atoms. The summed E-state index contributed by atoms with van der Waals surface area (Å²) in [6.45, 7) is 7.50. The Labute approximate surface area is 185 Å². The van der Waals surface area contributed by atoms with E-state index in [-0.39, 0.29) is 5.91 Å². The molecule has 1 saturated heterocycles. The number of imidazole rings is 1. The molecule has 2 aliphatic rings. The number of anilines is 1. The van der Waals surface area contributed by atoms with Crippen LogP contribution in [0.15, 0.2) is 41.0 Å². The Morgan fingerprint density at radius 2 is 2.10 bits per heavy atom. The number of hydrogen-bond donors (Lipinski definition) is 1. The number of aromatic nitrogens is 2. The van der Waals surface area contributed by atoms with E-state index in [9.17, 15) is 4.79 Å². The molecule has 1 N–H and O–H groups in total.